The summed E-state index contributed by atoms with van der Waals surface area (Å²) in [5, 5.41) is 0. The molecule has 0 radical (unpaired) electrons. The van der Waals surface area contributed by atoms with E-state index in [1.165, 1.54) is 0 Å². The Morgan fingerprint density at radius 2 is 1.75 bits per heavy atom. The molecule has 116 valence electrons. The maximum absolute atomic E-state index is 11.9. The lowest BCUT2D eigenvalue weighted by molar-refractivity contribution is 0.0180. The lowest BCUT2D eigenvalue weighted by Gasteiger charge is -2.36. The van der Waals surface area contributed by atoms with Gasteiger partial charge in [0.25, 0.3) is 0 Å². The van der Waals surface area contributed by atoms with Crippen molar-refractivity contribution < 1.29 is 17.9 Å². The minimum absolute atomic E-state index is 0.0428. The summed E-state index contributed by atoms with van der Waals surface area (Å²) in [6, 6.07) is 0.0428. The molecule has 0 atom stereocenters. The molecule has 0 saturated carbocycles. The molecule has 0 aromatic rings. The average Bonchev–Trinajstić information content (AvgIpc) is 2.67. The third-order valence-electron chi connectivity index (χ3n) is 3.66. The molecule has 6 nitrogen and oxygen atoms in total. The van der Waals surface area contributed by atoms with Gasteiger partial charge in [-0.05, 0) is 40.0 Å². The van der Waals surface area contributed by atoms with Gasteiger partial charge in [0.15, 0.2) is 0 Å². The molecule has 2 aliphatic heterocycles. The average molecular weight is 304 g/mol. The smallest absolute Gasteiger partial charge is 0.410 e. The van der Waals surface area contributed by atoms with Gasteiger partial charge in [0.1, 0.15) is 5.60 Å². The van der Waals surface area contributed by atoms with Crippen LogP contribution >= 0.6 is 0 Å². The lowest BCUT2D eigenvalue weighted by atomic mass is 10.1. The molecule has 0 N–H and O–H groups in total. The molecule has 0 bridgehead atoms. The minimum Gasteiger partial charge on any atom is -0.444 e. The molecule has 0 aromatic heterocycles. The van der Waals surface area contributed by atoms with Crippen molar-refractivity contribution in [2.75, 3.05) is 25.4 Å². The van der Waals surface area contributed by atoms with Gasteiger partial charge in [0, 0.05) is 25.7 Å². The minimum atomic E-state index is -3.05. The van der Waals surface area contributed by atoms with Gasteiger partial charge in [-0.25, -0.2) is 13.2 Å². The summed E-state index contributed by atoms with van der Waals surface area (Å²) in [5.41, 5.74) is -0.494. The molecule has 2 heterocycles. The predicted molar refractivity (Wildman–Crippen MR) is 75.9 cm³/mol. The summed E-state index contributed by atoms with van der Waals surface area (Å²) < 4.78 is 30.7. The summed E-state index contributed by atoms with van der Waals surface area (Å²) in [7, 11) is -3.05. The molecule has 7 heteroatoms. The van der Waals surface area contributed by atoms with Crippen LogP contribution in [0.4, 0.5) is 4.79 Å². The number of amides is 1. The van der Waals surface area contributed by atoms with Crippen LogP contribution in [0.5, 0.6) is 0 Å². The van der Waals surface area contributed by atoms with Crippen molar-refractivity contribution in [2.24, 2.45) is 0 Å². The third kappa shape index (κ3) is 3.63. The molecule has 0 aromatic carbocycles. The zero-order chi connectivity index (χ0) is 15.0. The summed E-state index contributed by atoms with van der Waals surface area (Å²) in [5.74, 6) is 0.263. The Hall–Kier alpha value is -0.820. The Morgan fingerprint density at radius 1 is 1.15 bits per heavy atom. The van der Waals surface area contributed by atoms with Gasteiger partial charge < -0.3 is 9.64 Å². The molecule has 2 rings (SSSR count). The summed E-state index contributed by atoms with van der Waals surface area (Å²) in [6.45, 7) is 7.27. The number of ether oxygens (including phenoxy) is 1. The lowest BCUT2D eigenvalue weighted by Crippen LogP contribution is -2.48. The molecule has 20 heavy (non-hydrogen) atoms. The SMILES string of the molecule is CC(C)(C)OC(=O)N1CCC(N2CCCS2(=O)=O)CC1. The highest BCUT2D eigenvalue weighted by Crippen LogP contribution is 2.25. The standard InChI is InChI=1S/C13H24N2O4S/c1-13(2,3)19-12(16)14-8-5-11(6-9-14)15-7-4-10-20(15,17)18/h11H,4-10H2,1-3H3. The van der Waals surface area contributed by atoms with Crippen LogP contribution in [0.2, 0.25) is 0 Å². The highest BCUT2D eigenvalue weighted by molar-refractivity contribution is 7.89. The van der Waals surface area contributed by atoms with Crippen molar-refractivity contribution in [3.05, 3.63) is 0 Å². The highest BCUT2D eigenvalue weighted by Gasteiger charge is 2.37. The van der Waals surface area contributed by atoms with E-state index >= 15 is 0 Å². The Morgan fingerprint density at radius 3 is 2.20 bits per heavy atom. The Labute approximate surface area is 121 Å². The van der Waals surface area contributed by atoms with E-state index in [0.717, 1.165) is 0 Å². The van der Waals surface area contributed by atoms with E-state index in [1.54, 1.807) is 9.21 Å². The number of carbonyl (C=O) groups excluding carboxylic acids is 1. The van der Waals surface area contributed by atoms with Crippen LogP contribution < -0.4 is 0 Å². The molecule has 0 spiro atoms. The molecular weight excluding hydrogens is 280 g/mol. The second kappa shape index (κ2) is 5.52. The van der Waals surface area contributed by atoms with Gasteiger partial charge in [-0.2, -0.15) is 4.31 Å². The maximum atomic E-state index is 11.9. The topological polar surface area (TPSA) is 66.9 Å². The first kappa shape index (κ1) is 15.6. The van der Waals surface area contributed by atoms with Crippen LogP contribution in [0.1, 0.15) is 40.0 Å². The van der Waals surface area contributed by atoms with Crippen molar-refractivity contribution in [1.82, 2.24) is 9.21 Å². The second-order valence-corrected chi connectivity index (χ2v) is 8.52. The van der Waals surface area contributed by atoms with E-state index < -0.39 is 15.6 Å². The molecule has 0 unspecified atom stereocenters. The number of likely N-dealkylation sites (tertiary alicyclic amines) is 1. The van der Waals surface area contributed by atoms with E-state index in [2.05, 4.69) is 0 Å². The predicted octanol–water partition coefficient (Wildman–Crippen LogP) is 1.42. The number of carbonyl (C=O) groups is 1. The summed E-state index contributed by atoms with van der Waals surface area (Å²) >= 11 is 0. The van der Waals surface area contributed by atoms with Crippen molar-refractivity contribution >= 4 is 16.1 Å². The fourth-order valence-corrected chi connectivity index (χ4v) is 4.53. The molecule has 2 fully saturated rings. The molecule has 2 aliphatic rings. The van der Waals surface area contributed by atoms with Gasteiger partial charge in [-0.1, -0.05) is 0 Å². The highest BCUT2D eigenvalue weighted by atomic mass is 32.2. The zero-order valence-corrected chi connectivity index (χ0v) is 13.3. The van der Waals surface area contributed by atoms with Crippen molar-refractivity contribution in [2.45, 2.75) is 51.7 Å². The van der Waals surface area contributed by atoms with Gasteiger partial charge >= 0.3 is 6.09 Å². The monoisotopic (exact) mass is 304 g/mol. The molecular formula is C13H24N2O4S. The van der Waals surface area contributed by atoms with Crippen LogP contribution in [-0.4, -0.2) is 60.7 Å². The van der Waals surface area contributed by atoms with E-state index in [-0.39, 0.29) is 17.9 Å². The number of rotatable bonds is 1. The fourth-order valence-electron chi connectivity index (χ4n) is 2.73. The maximum Gasteiger partial charge on any atom is 0.410 e. The normalized spacial score (nSPS) is 24.9. The molecule has 0 aliphatic carbocycles. The van der Waals surface area contributed by atoms with Crippen LogP contribution in [0, 0.1) is 0 Å². The number of hydrogen-bond acceptors (Lipinski definition) is 4. The quantitative estimate of drug-likeness (QED) is 0.735. The van der Waals surface area contributed by atoms with Gasteiger partial charge in [0.05, 0.1) is 5.75 Å². The first-order valence-electron chi connectivity index (χ1n) is 7.16. The Kier molecular flexibility index (Phi) is 4.30. The largest absolute Gasteiger partial charge is 0.444 e. The van der Waals surface area contributed by atoms with E-state index in [0.29, 0.717) is 38.9 Å². The second-order valence-electron chi connectivity index (χ2n) is 6.48. The van der Waals surface area contributed by atoms with Crippen molar-refractivity contribution in [3.63, 3.8) is 0 Å². The number of nitrogens with zero attached hydrogens (tertiary/aromatic N) is 2. The Balaban J connectivity index is 1.88. The molecule has 1 amide bonds. The van der Waals surface area contributed by atoms with Gasteiger partial charge in [0.2, 0.25) is 10.0 Å². The van der Waals surface area contributed by atoms with Crippen LogP contribution in [0.3, 0.4) is 0 Å². The number of hydrogen-bond donors (Lipinski definition) is 0. The summed E-state index contributed by atoms with van der Waals surface area (Å²) in [4.78, 5) is 13.6. The van der Waals surface area contributed by atoms with Crippen LogP contribution in [-0.2, 0) is 14.8 Å². The van der Waals surface area contributed by atoms with Crippen molar-refractivity contribution in [3.8, 4) is 0 Å². The zero-order valence-electron chi connectivity index (χ0n) is 12.5. The van der Waals surface area contributed by atoms with Gasteiger partial charge in [-0.3, -0.25) is 0 Å². The number of piperidine rings is 1. The summed E-state index contributed by atoms with van der Waals surface area (Å²) in [6.07, 6.45) is 1.80. The first-order chi connectivity index (χ1) is 9.19. The van der Waals surface area contributed by atoms with Crippen LogP contribution in [0.25, 0.3) is 0 Å². The van der Waals surface area contributed by atoms with Crippen molar-refractivity contribution in [1.29, 1.82) is 0 Å². The van der Waals surface area contributed by atoms with Crippen LogP contribution in [0.15, 0.2) is 0 Å². The van der Waals surface area contributed by atoms with Gasteiger partial charge in [-0.15, -0.1) is 0 Å². The number of sulfonamides is 1. The first-order valence-corrected chi connectivity index (χ1v) is 8.77. The fraction of sp³-hybridized carbons (Fsp3) is 0.923. The van der Waals surface area contributed by atoms with E-state index in [4.69, 9.17) is 4.74 Å². The Bertz CT molecular complexity index is 461. The third-order valence-corrected chi connectivity index (χ3v) is 5.66. The molecule has 2 saturated heterocycles. The van der Waals surface area contributed by atoms with E-state index in [1.807, 2.05) is 20.8 Å². The van der Waals surface area contributed by atoms with E-state index in [9.17, 15) is 13.2 Å².